The zero-order chi connectivity index (χ0) is 23.0. The molecule has 0 atom stereocenters. The molecule has 32 heavy (non-hydrogen) atoms. The average Bonchev–Trinajstić information content (AvgIpc) is 3.25. The molecule has 0 aliphatic heterocycles. The van der Waals surface area contributed by atoms with Crippen LogP contribution in [0.1, 0.15) is 44.7 Å². The normalized spacial score (nSPS) is 11.5. The van der Waals surface area contributed by atoms with Gasteiger partial charge in [0, 0.05) is 22.6 Å². The summed E-state index contributed by atoms with van der Waals surface area (Å²) in [6, 6.07) is 10.4. The van der Waals surface area contributed by atoms with Crippen molar-refractivity contribution in [3.05, 3.63) is 80.0 Å². The maximum Gasteiger partial charge on any atom is 0.348 e. The number of rotatable bonds is 5. The fourth-order valence-corrected chi connectivity index (χ4v) is 4.76. The molecule has 0 aliphatic carbocycles. The third-order valence-corrected chi connectivity index (χ3v) is 6.56. The molecule has 0 fully saturated rings. The second-order valence-corrected chi connectivity index (χ2v) is 8.59. The Labute approximate surface area is 189 Å². The molecule has 0 bridgehead atoms. The van der Waals surface area contributed by atoms with Crippen LogP contribution in [-0.2, 0) is 4.74 Å². The monoisotopic (exact) mass is 448 g/mol. The summed E-state index contributed by atoms with van der Waals surface area (Å²) in [5.74, 6) is -0.439. The van der Waals surface area contributed by atoms with E-state index in [9.17, 15) is 9.59 Å². The van der Waals surface area contributed by atoms with Crippen molar-refractivity contribution in [2.45, 2.75) is 34.6 Å². The molecule has 164 valence electrons. The zero-order valence-corrected chi connectivity index (χ0v) is 19.5. The largest absolute Gasteiger partial charge is 0.462 e. The summed E-state index contributed by atoms with van der Waals surface area (Å²) < 4.78 is 8.44. The van der Waals surface area contributed by atoms with Crippen molar-refractivity contribution in [2.75, 3.05) is 6.61 Å². The molecular formula is C24H24N4O3S. The molecular weight excluding hydrogens is 424 g/mol. The SMILES string of the molecule is CCOC(=O)c1sc2ncn(/N=C\c3cc(C)n(-c4ccc(C)cc4)c3C)c(=O)c2c1C. The minimum Gasteiger partial charge on any atom is -0.462 e. The molecule has 4 aromatic rings. The van der Waals surface area contributed by atoms with Gasteiger partial charge in [0.2, 0.25) is 0 Å². The molecule has 4 rings (SSSR count). The molecule has 8 heteroatoms. The van der Waals surface area contributed by atoms with E-state index in [2.05, 4.69) is 45.8 Å². The van der Waals surface area contributed by atoms with Gasteiger partial charge in [-0.25, -0.2) is 9.78 Å². The van der Waals surface area contributed by atoms with Crippen LogP contribution in [0.4, 0.5) is 0 Å². The minimum absolute atomic E-state index is 0.273. The van der Waals surface area contributed by atoms with Gasteiger partial charge in [0.1, 0.15) is 16.0 Å². The molecule has 0 amide bonds. The van der Waals surface area contributed by atoms with E-state index in [1.807, 2.05) is 19.9 Å². The van der Waals surface area contributed by atoms with Crippen molar-refractivity contribution in [1.29, 1.82) is 0 Å². The van der Waals surface area contributed by atoms with Crippen LogP contribution in [0.3, 0.4) is 0 Å². The molecule has 0 unspecified atom stereocenters. The fourth-order valence-electron chi connectivity index (χ4n) is 3.72. The summed E-state index contributed by atoms with van der Waals surface area (Å²) in [5, 5.41) is 4.76. The van der Waals surface area contributed by atoms with Crippen LogP contribution in [-0.4, -0.2) is 33.0 Å². The molecule has 3 heterocycles. The summed E-state index contributed by atoms with van der Waals surface area (Å²) >= 11 is 1.16. The van der Waals surface area contributed by atoms with E-state index in [0.29, 0.717) is 20.7 Å². The van der Waals surface area contributed by atoms with Gasteiger partial charge in [0.05, 0.1) is 18.2 Å². The highest BCUT2D eigenvalue weighted by Gasteiger charge is 2.20. The first-order valence-corrected chi connectivity index (χ1v) is 11.1. The standard InChI is InChI=1S/C24H24N4O3S/c1-6-31-24(30)21-16(4)20-22(32-21)25-13-27(23(20)29)26-12-18-11-15(3)28(17(18)5)19-9-7-14(2)8-10-19/h7-13H,6H2,1-5H3/b26-12-. The first-order valence-electron chi connectivity index (χ1n) is 10.3. The van der Waals surface area contributed by atoms with Crippen molar-refractivity contribution in [2.24, 2.45) is 5.10 Å². The van der Waals surface area contributed by atoms with Gasteiger partial charge in [-0.15, -0.1) is 11.3 Å². The zero-order valence-electron chi connectivity index (χ0n) is 18.7. The third kappa shape index (κ3) is 3.78. The van der Waals surface area contributed by atoms with Gasteiger partial charge in [-0.3, -0.25) is 4.79 Å². The van der Waals surface area contributed by atoms with Gasteiger partial charge in [-0.1, -0.05) is 17.7 Å². The number of benzene rings is 1. The van der Waals surface area contributed by atoms with Crippen LogP contribution in [0, 0.1) is 27.7 Å². The van der Waals surface area contributed by atoms with E-state index in [0.717, 1.165) is 34.0 Å². The first-order chi connectivity index (χ1) is 15.3. The highest BCUT2D eigenvalue weighted by molar-refractivity contribution is 7.20. The second kappa shape index (κ2) is 8.55. The number of fused-ring (bicyclic) bond motifs is 1. The Bertz CT molecular complexity index is 1410. The fraction of sp³-hybridized carbons (Fsp3) is 0.250. The Morgan fingerprint density at radius 2 is 1.91 bits per heavy atom. The summed E-state index contributed by atoms with van der Waals surface area (Å²) in [4.78, 5) is 30.4. The van der Waals surface area contributed by atoms with Crippen LogP contribution in [0.2, 0.25) is 0 Å². The number of ether oxygens (including phenoxy) is 1. The van der Waals surface area contributed by atoms with E-state index in [4.69, 9.17) is 4.74 Å². The van der Waals surface area contributed by atoms with Crippen LogP contribution in [0.25, 0.3) is 15.9 Å². The smallest absolute Gasteiger partial charge is 0.348 e. The Hall–Kier alpha value is -3.52. The van der Waals surface area contributed by atoms with Crippen LogP contribution in [0.15, 0.2) is 46.6 Å². The van der Waals surface area contributed by atoms with Crippen molar-refractivity contribution >= 4 is 33.7 Å². The molecule has 0 radical (unpaired) electrons. The van der Waals surface area contributed by atoms with Gasteiger partial charge in [0.15, 0.2) is 0 Å². The highest BCUT2D eigenvalue weighted by Crippen LogP contribution is 2.27. The maximum absolute atomic E-state index is 13.0. The predicted molar refractivity (Wildman–Crippen MR) is 128 cm³/mol. The number of thiophene rings is 1. The topological polar surface area (TPSA) is 78.5 Å². The summed E-state index contributed by atoms with van der Waals surface area (Å²) in [7, 11) is 0. The lowest BCUT2D eigenvalue weighted by Crippen LogP contribution is -2.17. The number of nitrogens with zero attached hydrogens (tertiary/aromatic N) is 4. The number of hydrogen-bond donors (Lipinski definition) is 0. The van der Waals surface area contributed by atoms with Crippen molar-refractivity contribution in [3.8, 4) is 5.69 Å². The predicted octanol–water partition coefficient (Wildman–Crippen LogP) is 4.54. The van der Waals surface area contributed by atoms with E-state index in [1.54, 1.807) is 20.1 Å². The van der Waals surface area contributed by atoms with Crippen LogP contribution < -0.4 is 5.56 Å². The number of carbonyl (C=O) groups excluding carboxylic acids is 1. The van der Waals surface area contributed by atoms with Crippen molar-refractivity contribution in [3.63, 3.8) is 0 Å². The lowest BCUT2D eigenvalue weighted by Gasteiger charge is -2.09. The van der Waals surface area contributed by atoms with E-state index in [-0.39, 0.29) is 12.2 Å². The van der Waals surface area contributed by atoms with Crippen molar-refractivity contribution < 1.29 is 9.53 Å². The molecule has 0 saturated heterocycles. The minimum atomic E-state index is -0.439. The van der Waals surface area contributed by atoms with E-state index >= 15 is 0 Å². The highest BCUT2D eigenvalue weighted by atomic mass is 32.1. The molecule has 0 saturated carbocycles. The summed E-state index contributed by atoms with van der Waals surface area (Å²) in [6.45, 7) is 9.87. The Morgan fingerprint density at radius 1 is 1.19 bits per heavy atom. The molecule has 3 aromatic heterocycles. The lowest BCUT2D eigenvalue weighted by atomic mass is 10.2. The molecule has 1 aromatic carbocycles. The molecule has 0 N–H and O–H groups in total. The number of aryl methyl sites for hydroxylation is 3. The number of carbonyl (C=O) groups is 1. The lowest BCUT2D eigenvalue weighted by molar-refractivity contribution is 0.0531. The van der Waals surface area contributed by atoms with E-state index in [1.165, 1.54) is 16.6 Å². The van der Waals surface area contributed by atoms with Crippen molar-refractivity contribution in [1.82, 2.24) is 14.2 Å². The number of esters is 1. The second-order valence-electron chi connectivity index (χ2n) is 7.59. The Balaban J connectivity index is 1.72. The quantitative estimate of drug-likeness (QED) is 0.332. The molecule has 0 spiro atoms. The first kappa shape index (κ1) is 21.7. The third-order valence-electron chi connectivity index (χ3n) is 5.38. The van der Waals surface area contributed by atoms with Gasteiger partial charge in [-0.05, 0) is 58.4 Å². The number of hydrogen-bond acceptors (Lipinski definition) is 6. The summed E-state index contributed by atoms with van der Waals surface area (Å²) in [6.07, 6.45) is 3.04. The van der Waals surface area contributed by atoms with Gasteiger partial charge >= 0.3 is 5.97 Å². The molecule has 0 aliphatic rings. The average molecular weight is 449 g/mol. The van der Waals surface area contributed by atoms with Gasteiger partial charge < -0.3 is 9.30 Å². The maximum atomic E-state index is 13.0. The Kier molecular flexibility index (Phi) is 5.80. The van der Waals surface area contributed by atoms with E-state index < -0.39 is 5.97 Å². The summed E-state index contributed by atoms with van der Waals surface area (Å²) in [5.41, 5.74) is 5.53. The van der Waals surface area contributed by atoms with Gasteiger partial charge in [0.25, 0.3) is 5.56 Å². The van der Waals surface area contributed by atoms with Crippen LogP contribution in [0.5, 0.6) is 0 Å². The van der Waals surface area contributed by atoms with Gasteiger partial charge in [-0.2, -0.15) is 9.78 Å². The Morgan fingerprint density at radius 3 is 2.59 bits per heavy atom. The number of aromatic nitrogens is 3. The molecule has 7 nitrogen and oxygen atoms in total. The van der Waals surface area contributed by atoms with Crippen LogP contribution >= 0.6 is 11.3 Å².